The number of aliphatic carboxylic acids is 1. The first kappa shape index (κ1) is 34.0. The molecule has 1 atom stereocenters. The number of carbonyl (C=O) groups excluding carboxylic acids is 1. The fourth-order valence-corrected chi connectivity index (χ4v) is 5.27. The van der Waals surface area contributed by atoms with Gasteiger partial charge in [-0.25, -0.2) is 0 Å². The molecule has 13 heteroatoms. The van der Waals surface area contributed by atoms with Gasteiger partial charge in [0.15, 0.2) is 0 Å². The Balaban J connectivity index is 1.36. The lowest BCUT2D eigenvalue weighted by Gasteiger charge is -2.36. The molecule has 3 aromatic rings. The molecule has 1 amide bonds. The minimum atomic E-state index is -1.15. The maximum atomic E-state index is 14.1. The molecule has 0 saturated carbocycles. The molecule has 3 heterocycles. The van der Waals surface area contributed by atoms with Crippen LogP contribution in [0.2, 0.25) is 0 Å². The highest BCUT2D eigenvalue weighted by Crippen LogP contribution is 2.30. The number of rotatable bonds is 19. The topological polar surface area (TPSA) is 153 Å². The van der Waals surface area contributed by atoms with Crippen molar-refractivity contribution < 1.29 is 38.7 Å². The molecule has 13 nitrogen and oxygen atoms in total. The van der Waals surface area contributed by atoms with Gasteiger partial charge in [-0.1, -0.05) is 24.3 Å². The molecule has 244 valence electrons. The molecule has 2 N–H and O–H groups in total. The molecule has 1 aliphatic rings. The second-order valence-electron chi connectivity index (χ2n) is 10.6. The van der Waals surface area contributed by atoms with Gasteiger partial charge >= 0.3 is 5.97 Å². The number of amides is 1. The van der Waals surface area contributed by atoms with E-state index in [0.29, 0.717) is 58.3 Å². The number of anilines is 2. The molecular formula is C32H42N4O9. The van der Waals surface area contributed by atoms with Crippen molar-refractivity contribution in [3.8, 4) is 0 Å². The quantitative estimate of drug-likeness (QED) is 0.187. The number of pyridine rings is 2. The summed E-state index contributed by atoms with van der Waals surface area (Å²) in [6.45, 7) is 3.78. The number of aromatic nitrogens is 2. The number of ether oxygens (including phenoxy) is 4. The Morgan fingerprint density at radius 1 is 0.911 bits per heavy atom. The van der Waals surface area contributed by atoms with Crippen LogP contribution in [0, 0.1) is 5.92 Å². The van der Waals surface area contributed by atoms with E-state index in [-0.39, 0.29) is 38.2 Å². The van der Waals surface area contributed by atoms with E-state index in [9.17, 15) is 19.5 Å². The number of hydrogen-bond acceptors (Lipinski definition) is 10. The predicted molar refractivity (Wildman–Crippen MR) is 168 cm³/mol. The average molecular weight is 627 g/mol. The lowest BCUT2D eigenvalue weighted by Crippen LogP contribution is -2.46. The molecule has 2 aromatic heterocycles. The van der Waals surface area contributed by atoms with Crippen molar-refractivity contribution in [3.05, 3.63) is 65.3 Å². The van der Waals surface area contributed by atoms with Crippen molar-refractivity contribution >= 4 is 34.0 Å². The summed E-state index contributed by atoms with van der Waals surface area (Å²) in [4.78, 5) is 45.9. The largest absolute Gasteiger partial charge is 0.480 e. The number of aliphatic hydroxyl groups is 1. The van der Waals surface area contributed by atoms with E-state index in [1.165, 1.54) is 12.3 Å². The van der Waals surface area contributed by atoms with E-state index >= 15 is 0 Å². The third-order valence-electron chi connectivity index (χ3n) is 7.42. The van der Waals surface area contributed by atoms with Crippen LogP contribution in [-0.4, -0.2) is 111 Å². The van der Waals surface area contributed by atoms with Crippen molar-refractivity contribution in [3.63, 3.8) is 0 Å². The van der Waals surface area contributed by atoms with Crippen LogP contribution in [0.5, 0.6) is 0 Å². The molecule has 45 heavy (non-hydrogen) atoms. The third kappa shape index (κ3) is 10.3. The van der Waals surface area contributed by atoms with Crippen LogP contribution in [0.25, 0.3) is 10.8 Å². The number of piperidine rings is 1. The van der Waals surface area contributed by atoms with Crippen LogP contribution in [0.15, 0.2) is 59.8 Å². The van der Waals surface area contributed by atoms with Crippen molar-refractivity contribution in [1.29, 1.82) is 0 Å². The van der Waals surface area contributed by atoms with Crippen LogP contribution in [0.3, 0.4) is 0 Å². The summed E-state index contributed by atoms with van der Waals surface area (Å²) in [6.07, 6.45) is 6.60. The zero-order valence-corrected chi connectivity index (χ0v) is 25.4. The summed E-state index contributed by atoms with van der Waals surface area (Å²) >= 11 is 0. The van der Waals surface area contributed by atoms with E-state index in [2.05, 4.69) is 16.0 Å². The first-order valence-corrected chi connectivity index (χ1v) is 15.2. The first-order valence-electron chi connectivity index (χ1n) is 15.2. The van der Waals surface area contributed by atoms with Gasteiger partial charge in [0.05, 0.1) is 83.0 Å². The van der Waals surface area contributed by atoms with Crippen molar-refractivity contribution in [2.24, 2.45) is 5.92 Å². The van der Waals surface area contributed by atoms with Crippen LogP contribution in [-0.2, 0) is 35.1 Å². The standard InChI is InChI=1S/C32H42N4O9/c37-11-13-43-15-17-45-19-18-44-16-14-42-12-10-36(27-7-8-30(38)35(23-27)24-31(39)40)32(41)26-5-3-9-34(22-26)29-21-33-20-25-4-1-2-6-28(25)29/h1-2,4,6-8,20-21,23,26,37H,3,5,9-19,22,24H2,(H,39,40)/t26-/m0/s1. The van der Waals surface area contributed by atoms with Gasteiger partial charge in [-0.3, -0.25) is 19.4 Å². The molecule has 0 radical (unpaired) electrons. The number of fused-ring (bicyclic) bond motifs is 1. The monoisotopic (exact) mass is 626 g/mol. The normalized spacial score (nSPS) is 15.0. The Kier molecular flexibility index (Phi) is 13.7. The lowest BCUT2D eigenvalue weighted by molar-refractivity contribution is -0.137. The summed E-state index contributed by atoms with van der Waals surface area (Å²) in [6, 6.07) is 10.9. The summed E-state index contributed by atoms with van der Waals surface area (Å²) in [7, 11) is 0. The predicted octanol–water partition coefficient (Wildman–Crippen LogP) is 1.79. The average Bonchev–Trinajstić information content (AvgIpc) is 3.05. The summed E-state index contributed by atoms with van der Waals surface area (Å²) in [5.74, 6) is -1.59. The maximum Gasteiger partial charge on any atom is 0.323 e. The zero-order chi connectivity index (χ0) is 31.9. The smallest absolute Gasteiger partial charge is 0.323 e. The Labute approximate surface area is 261 Å². The second-order valence-corrected chi connectivity index (χ2v) is 10.6. The van der Waals surface area contributed by atoms with Gasteiger partial charge in [-0.2, -0.15) is 0 Å². The zero-order valence-electron chi connectivity index (χ0n) is 25.4. The first-order chi connectivity index (χ1) is 22.0. The molecule has 1 fully saturated rings. The van der Waals surface area contributed by atoms with Crippen molar-refractivity contribution in [1.82, 2.24) is 9.55 Å². The number of carbonyl (C=O) groups is 2. The molecule has 1 aromatic carbocycles. The van der Waals surface area contributed by atoms with E-state index in [4.69, 9.17) is 24.1 Å². The van der Waals surface area contributed by atoms with E-state index in [1.54, 1.807) is 11.0 Å². The van der Waals surface area contributed by atoms with E-state index in [1.807, 2.05) is 30.6 Å². The molecule has 0 unspecified atom stereocenters. The van der Waals surface area contributed by atoms with Gasteiger partial charge in [0.25, 0.3) is 5.56 Å². The van der Waals surface area contributed by atoms with Gasteiger partial charge < -0.3 is 43.5 Å². The number of aliphatic hydroxyl groups excluding tert-OH is 1. The molecule has 0 bridgehead atoms. The van der Waals surface area contributed by atoms with Gasteiger partial charge in [-0.15, -0.1) is 0 Å². The van der Waals surface area contributed by atoms with E-state index in [0.717, 1.165) is 34.0 Å². The fourth-order valence-electron chi connectivity index (χ4n) is 5.27. The third-order valence-corrected chi connectivity index (χ3v) is 7.42. The summed E-state index contributed by atoms with van der Waals surface area (Å²) in [5, 5.41) is 20.1. The molecule has 0 aliphatic carbocycles. The second kappa shape index (κ2) is 18.2. The van der Waals surface area contributed by atoms with Crippen molar-refractivity contribution in [2.75, 3.05) is 88.9 Å². The molecule has 1 aliphatic heterocycles. The van der Waals surface area contributed by atoms with Crippen LogP contribution < -0.4 is 15.4 Å². The molecule has 4 rings (SSSR count). The Hall–Kier alpha value is -3.88. The number of carboxylic acid groups (broad SMARTS) is 1. The Morgan fingerprint density at radius 3 is 2.31 bits per heavy atom. The highest BCUT2D eigenvalue weighted by atomic mass is 16.6. The summed E-state index contributed by atoms with van der Waals surface area (Å²) in [5.41, 5.74) is 0.955. The van der Waals surface area contributed by atoms with E-state index < -0.39 is 18.1 Å². The maximum absolute atomic E-state index is 14.1. The van der Waals surface area contributed by atoms with Crippen molar-refractivity contribution in [2.45, 2.75) is 19.4 Å². The van der Waals surface area contributed by atoms with Crippen LogP contribution in [0.1, 0.15) is 12.8 Å². The lowest BCUT2D eigenvalue weighted by atomic mass is 9.95. The summed E-state index contributed by atoms with van der Waals surface area (Å²) < 4.78 is 22.9. The number of hydrogen-bond donors (Lipinski definition) is 2. The van der Waals surface area contributed by atoms with Gasteiger partial charge in [-0.05, 0) is 18.9 Å². The SMILES string of the molecule is O=C(O)Cn1cc(N(CCOCCOCCOCCOCCO)C(=O)[C@H]2CCCN(c3cncc4ccccc34)C2)ccc1=O. The fraction of sp³-hybridized carbons (Fsp3) is 0.500. The van der Waals surface area contributed by atoms with Crippen LogP contribution >= 0.6 is 0 Å². The van der Waals surface area contributed by atoms with Gasteiger partial charge in [0.1, 0.15) is 6.54 Å². The Morgan fingerprint density at radius 2 is 1.60 bits per heavy atom. The Bertz CT molecular complexity index is 1430. The highest BCUT2D eigenvalue weighted by molar-refractivity contribution is 5.96. The van der Waals surface area contributed by atoms with Gasteiger partial charge in [0.2, 0.25) is 5.91 Å². The number of nitrogens with zero attached hydrogens (tertiary/aromatic N) is 4. The highest BCUT2D eigenvalue weighted by Gasteiger charge is 2.31. The number of carboxylic acids is 1. The molecular weight excluding hydrogens is 584 g/mol. The molecule has 0 spiro atoms. The number of benzene rings is 1. The van der Waals surface area contributed by atoms with Crippen LogP contribution in [0.4, 0.5) is 11.4 Å². The van der Waals surface area contributed by atoms with Gasteiger partial charge in [0, 0.05) is 48.9 Å². The minimum absolute atomic E-state index is 0.0187. The minimum Gasteiger partial charge on any atom is -0.480 e. The molecule has 1 saturated heterocycles.